The van der Waals surface area contributed by atoms with Crippen molar-refractivity contribution in [1.82, 2.24) is 10.3 Å². The number of alkyl carbamates (subject to hydrolysis) is 1. The molecule has 1 aromatic heterocycles. The van der Waals surface area contributed by atoms with Crippen LogP contribution < -0.4 is 5.32 Å². The molecule has 0 aliphatic heterocycles. The van der Waals surface area contributed by atoms with Crippen LogP contribution in [0, 0.1) is 0 Å². The predicted molar refractivity (Wildman–Crippen MR) is 90.6 cm³/mol. The molecule has 0 unspecified atom stereocenters. The Balaban J connectivity index is 1.68. The average molecular weight is 436 g/mol. The number of pyridine rings is 1. The third kappa shape index (κ3) is 5.85. The summed E-state index contributed by atoms with van der Waals surface area (Å²) in [5.41, 5.74) is 0.397. The first-order chi connectivity index (χ1) is 10.2. The first-order valence-electron chi connectivity index (χ1n) is 7.14. The molecule has 0 saturated heterocycles. The van der Waals surface area contributed by atoms with Crippen LogP contribution in [0.5, 0.6) is 0 Å². The van der Waals surface area contributed by atoms with E-state index in [4.69, 9.17) is 9.47 Å². The maximum absolute atomic E-state index is 11.6. The molecule has 1 amide bonds. The number of aromatic nitrogens is 1. The van der Waals surface area contributed by atoms with Gasteiger partial charge in [0.2, 0.25) is 0 Å². The van der Waals surface area contributed by atoms with Crippen LogP contribution in [-0.4, -0.2) is 28.8 Å². The monoisotopic (exact) mass is 434 g/mol. The van der Waals surface area contributed by atoms with E-state index in [-0.39, 0.29) is 18.2 Å². The van der Waals surface area contributed by atoms with Crippen molar-refractivity contribution >= 4 is 38.0 Å². The molecule has 1 saturated carbocycles. The van der Waals surface area contributed by atoms with Crippen molar-refractivity contribution in [3.05, 3.63) is 26.9 Å². The lowest BCUT2D eigenvalue weighted by atomic mass is 9.89. The highest BCUT2D eigenvalue weighted by atomic mass is 79.9. The third-order valence-corrected chi connectivity index (χ3v) is 3.96. The van der Waals surface area contributed by atoms with E-state index < -0.39 is 5.60 Å². The number of amides is 1. The first kappa shape index (κ1) is 17.7. The Hall–Kier alpha value is -0.660. The van der Waals surface area contributed by atoms with Crippen molar-refractivity contribution in [3.8, 4) is 0 Å². The molecule has 0 atom stereocenters. The Morgan fingerprint density at radius 3 is 2.64 bits per heavy atom. The molecule has 22 heavy (non-hydrogen) atoms. The summed E-state index contributed by atoms with van der Waals surface area (Å²) in [6, 6.07) is 3.94. The fourth-order valence-corrected chi connectivity index (χ4v) is 3.35. The van der Waals surface area contributed by atoms with Gasteiger partial charge in [0, 0.05) is 10.5 Å². The molecule has 0 spiro atoms. The maximum Gasteiger partial charge on any atom is 0.407 e. The Morgan fingerprint density at radius 1 is 1.36 bits per heavy atom. The molecule has 0 aromatic carbocycles. The predicted octanol–water partition coefficient (Wildman–Crippen LogP) is 4.18. The first-order valence-corrected chi connectivity index (χ1v) is 8.73. The Labute approximate surface area is 147 Å². The van der Waals surface area contributed by atoms with E-state index in [2.05, 4.69) is 42.2 Å². The van der Waals surface area contributed by atoms with Crippen molar-refractivity contribution in [3.63, 3.8) is 0 Å². The van der Waals surface area contributed by atoms with Crippen LogP contribution in [0.3, 0.4) is 0 Å². The van der Waals surface area contributed by atoms with Crippen LogP contribution in [0.4, 0.5) is 4.79 Å². The molecule has 1 heterocycles. The number of nitrogens with one attached hydrogen (secondary N) is 1. The number of carbonyl (C=O) groups is 1. The second-order valence-corrected chi connectivity index (χ2v) is 8.08. The molecule has 1 aromatic rings. The summed E-state index contributed by atoms with van der Waals surface area (Å²) in [6.07, 6.45) is 1.39. The van der Waals surface area contributed by atoms with Crippen LogP contribution in [0.15, 0.2) is 21.2 Å². The van der Waals surface area contributed by atoms with E-state index >= 15 is 0 Å². The Kier molecular flexibility index (Phi) is 5.85. The highest BCUT2D eigenvalue weighted by molar-refractivity contribution is 9.11. The van der Waals surface area contributed by atoms with Gasteiger partial charge in [0.15, 0.2) is 0 Å². The number of hydrogen-bond donors (Lipinski definition) is 1. The van der Waals surface area contributed by atoms with Crippen LogP contribution in [0.1, 0.15) is 39.3 Å². The van der Waals surface area contributed by atoms with Crippen molar-refractivity contribution in [2.45, 2.75) is 58.0 Å². The fourth-order valence-electron chi connectivity index (χ4n) is 2.09. The van der Waals surface area contributed by atoms with Gasteiger partial charge in [-0.1, -0.05) is 15.9 Å². The molecule has 1 fully saturated rings. The number of ether oxygens (including phenoxy) is 2. The van der Waals surface area contributed by atoms with E-state index in [1.54, 1.807) is 0 Å². The number of hydrogen-bond acceptors (Lipinski definition) is 4. The highest BCUT2D eigenvalue weighted by Gasteiger charge is 2.32. The van der Waals surface area contributed by atoms with Gasteiger partial charge in [0.05, 0.1) is 18.4 Å². The molecule has 1 aliphatic carbocycles. The molecular weight excluding hydrogens is 416 g/mol. The zero-order chi connectivity index (χ0) is 16.3. The van der Waals surface area contributed by atoms with Crippen LogP contribution in [-0.2, 0) is 16.1 Å². The largest absolute Gasteiger partial charge is 0.444 e. The smallest absolute Gasteiger partial charge is 0.407 e. The quantitative estimate of drug-likeness (QED) is 0.720. The minimum absolute atomic E-state index is 0.127. The fraction of sp³-hybridized carbons (Fsp3) is 0.600. The van der Waals surface area contributed by atoms with Gasteiger partial charge < -0.3 is 14.8 Å². The van der Waals surface area contributed by atoms with Gasteiger partial charge >= 0.3 is 6.09 Å². The number of carbonyl (C=O) groups excluding carboxylic acids is 1. The summed E-state index contributed by atoms with van der Waals surface area (Å²) in [5.74, 6) is 0. The Morgan fingerprint density at radius 2 is 2.05 bits per heavy atom. The minimum Gasteiger partial charge on any atom is -0.444 e. The van der Waals surface area contributed by atoms with Gasteiger partial charge in [-0.05, 0) is 61.7 Å². The van der Waals surface area contributed by atoms with Crippen LogP contribution in [0.25, 0.3) is 0 Å². The molecular formula is C15H20Br2N2O3. The van der Waals surface area contributed by atoms with Crippen molar-refractivity contribution in [2.75, 3.05) is 0 Å². The van der Waals surface area contributed by atoms with E-state index in [1.807, 2.05) is 32.9 Å². The summed E-state index contributed by atoms with van der Waals surface area (Å²) in [6.45, 7) is 6.01. The van der Waals surface area contributed by atoms with Gasteiger partial charge in [-0.2, -0.15) is 0 Å². The summed E-state index contributed by atoms with van der Waals surface area (Å²) in [4.78, 5) is 16.0. The van der Waals surface area contributed by atoms with Crippen LogP contribution in [0.2, 0.25) is 0 Å². The second-order valence-electron chi connectivity index (χ2n) is 6.35. The molecule has 1 N–H and O–H groups in total. The lowest BCUT2D eigenvalue weighted by molar-refractivity contribution is -0.0302. The van der Waals surface area contributed by atoms with Gasteiger partial charge in [0.25, 0.3) is 0 Å². The van der Waals surface area contributed by atoms with E-state index in [1.165, 1.54) is 0 Å². The van der Waals surface area contributed by atoms with Gasteiger partial charge in [0.1, 0.15) is 10.2 Å². The van der Waals surface area contributed by atoms with Crippen molar-refractivity contribution < 1.29 is 14.3 Å². The van der Waals surface area contributed by atoms with Crippen LogP contribution >= 0.6 is 31.9 Å². The van der Waals surface area contributed by atoms with Gasteiger partial charge in [-0.25, -0.2) is 9.78 Å². The normalized spacial score (nSPS) is 21.1. The second kappa shape index (κ2) is 7.27. The summed E-state index contributed by atoms with van der Waals surface area (Å²) in [7, 11) is 0. The zero-order valence-corrected chi connectivity index (χ0v) is 16.0. The van der Waals surface area contributed by atoms with Crippen molar-refractivity contribution in [2.24, 2.45) is 0 Å². The number of nitrogens with zero attached hydrogens (tertiary/aromatic N) is 1. The molecule has 122 valence electrons. The number of halogens is 2. The van der Waals surface area contributed by atoms with E-state index in [0.717, 1.165) is 27.6 Å². The Bertz CT molecular complexity index is 520. The molecule has 0 radical (unpaired) electrons. The summed E-state index contributed by atoms with van der Waals surface area (Å²) < 4.78 is 12.8. The standard InChI is InChI=1S/C15H20Br2N2O3/c1-15(2,3)22-14(20)19-10-6-12(7-10)21-8-11-4-9(16)5-13(17)18-11/h4-5,10,12H,6-8H2,1-3H3,(H,19,20). The zero-order valence-electron chi connectivity index (χ0n) is 12.9. The molecule has 2 rings (SSSR count). The van der Waals surface area contributed by atoms with Gasteiger partial charge in [-0.3, -0.25) is 0 Å². The SMILES string of the molecule is CC(C)(C)OC(=O)NC1CC(OCc2cc(Br)cc(Br)n2)C1. The third-order valence-electron chi connectivity index (χ3n) is 3.09. The lowest BCUT2D eigenvalue weighted by Gasteiger charge is -2.35. The van der Waals surface area contributed by atoms with E-state index in [9.17, 15) is 4.79 Å². The number of rotatable bonds is 4. The molecule has 1 aliphatic rings. The summed E-state index contributed by atoms with van der Waals surface area (Å²) in [5, 5.41) is 2.85. The maximum atomic E-state index is 11.6. The van der Waals surface area contributed by atoms with Crippen molar-refractivity contribution in [1.29, 1.82) is 0 Å². The lowest BCUT2D eigenvalue weighted by Crippen LogP contribution is -2.49. The van der Waals surface area contributed by atoms with E-state index in [0.29, 0.717) is 6.61 Å². The molecule has 0 bridgehead atoms. The highest BCUT2D eigenvalue weighted by Crippen LogP contribution is 2.25. The molecule has 7 heteroatoms. The van der Waals surface area contributed by atoms with Gasteiger partial charge in [-0.15, -0.1) is 0 Å². The average Bonchev–Trinajstić information content (AvgIpc) is 2.28. The molecule has 5 nitrogen and oxygen atoms in total. The minimum atomic E-state index is -0.469. The summed E-state index contributed by atoms with van der Waals surface area (Å²) >= 11 is 6.78. The topological polar surface area (TPSA) is 60.5 Å².